The Kier molecular flexibility index (Phi) is 4.18. The Bertz CT molecular complexity index is 616. The standard InChI is InChI=1S/C12H19N5O2/c1-17-9-7-8(3-4-14-5-6-19-2)15-11(13)10(9)16-12(17)18/h7,14H,3-6H2,1-2H3,(H2,13,15)(H,16,18). The van der Waals surface area contributed by atoms with Crippen molar-refractivity contribution >= 4 is 16.9 Å². The van der Waals surface area contributed by atoms with Crippen LogP contribution in [-0.4, -0.2) is 41.3 Å². The summed E-state index contributed by atoms with van der Waals surface area (Å²) in [6.07, 6.45) is 0.753. The van der Waals surface area contributed by atoms with Gasteiger partial charge in [-0.3, -0.25) is 4.57 Å². The third-order valence-corrected chi connectivity index (χ3v) is 3.02. The first kappa shape index (κ1) is 13.6. The van der Waals surface area contributed by atoms with E-state index < -0.39 is 0 Å². The van der Waals surface area contributed by atoms with Gasteiger partial charge in [0.1, 0.15) is 11.3 Å². The smallest absolute Gasteiger partial charge is 0.326 e. The number of pyridine rings is 1. The lowest BCUT2D eigenvalue weighted by Crippen LogP contribution is -2.22. The van der Waals surface area contributed by atoms with Crippen LogP contribution in [0.4, 0.5) is 5.82 Å². The maximum absolute atomic E-state index is 11.5. The Morgan fingerprint density at radius 2 is 2.32 bits per heavy atom. The molecule has 0 saturated heterocycles. The summed E-state index contributed by atoms with van der Waals surface area (Å²) >= 11 is 0. The number of methoxy groups -OCH3 is 1. The zero-order valence-electron chi connectivity index (χ0n) is 11.2. The lowest BCUT2D eigenvalue weighted by atomic mass is 10.2. The Balaban J connectivity index is 2.12. The molecule has 4 N–H and O–H groups in total. The van der Waals surface area contributed by atoms with Gasteiger partial charge in [0.15, 0.2) is 0 Å². The zero-order chi connectivity index (χ0) is 13.8. The van der Waals surface area contributed by atoms with Crippen LogP contribution >= 0.6 is 0 Å². The number of H-pyrrole nitrogens is 1. The number of rotatable bonds is 6. The van der Waals surface area contributed by atoms with Crippen molar-refractivity contribution in [3.8, 4) is 0 Å². The van der Waals surface area contributed by atoms with Crippen molar-refractivity contribution in [3.05, 3.63) is 22.2 Å². The van der Waals surface area contributed by atoms with E-state index in [-0.39, 0.29) is 5.69 Å². The third-order valence-electron chi connectivity index (χ3n) is 3.02. The van der Waals surface area contributed by atoms with Crippen molar-refractivity contribution in [2.24, 2.45) is 7.05 Å². The number of fused-ring (bicyclic) bond motifs is 1. The fraction of sp³-hybridized carbons (Fsp3) is 0.500. The van der Waals surface area contributed by atoms with Gasteiger partial charge in [-0.15, -0.1) is 0 Å². The molecule has 0 aliphatic heterocycles. The Morgan fingerprint density at radius 3 is 3.05 bits per heavy atom. The number of nitrogen functional groups attached to an aromatic ring is 1. The Labute approximate surface area is 110 Å². The summed E-state index contributed by atoms with van der Waals surface area (Å²) < 4.78 is 6.49. The molecule has 0 amide bonds. The van der Waals surface area contributed by atoms with Crippen molar-refractivity contribution < 1.29 is 4.74 Å². The molecule has 0 aliphatic rings. The molecule has 0 fully saturated rings. The van der Waals surface area contributed by atoms with Crippen LogP contribution in [0.3, 0.4) is 0 Å². The minimum Gasteiger partial charge on any atom is -0.383 e. The van der Waals surface area contributed by atoms with Gasteiger partial charge in [-0.2, -0.15) is 0 Å². The van der Waals surface area contributed by atoms with Crippen molar-refractivity contribution in [1.29, 1.82) is 0 Å². The lowest BCUT2D eigenvalue weighted by molar-refractivity contribution is 0.199. The first-order valence-corrected chi connectivity index (χ1v) is 6.17. The van der Waals surface area contributed by atoms with Crippen LogP contribution in [0.1, 0.15) is 5.69 Å². The topological polar surface area (TPSA) is 98.0 Å². The Morgan fingerprint density at radius 1 is 1.53 bits per heavy atom. The van der Waals surface area contributed by atoms with Gasteiger partial charge in [0.25, 0.3) is 0 Å². The second-order valence-corrected chi connectivity index (χ2v) is 4.37. The fourth-order valence-corrected chi connectivity index (χ4v) is 1.94. The summed E-state index contributed by atoms with van der Waals surface area (Å²) in [4.78, 5) is 18.5. The van der Waals surface area contributed by atoms with E-state index in [1.165, 1.54) is 4.57 Å². The van der Waals surface area contributed by atoms with Gasteiger partial charge >= 0.3 is 5.69 Å². The molecule has 2 aromatic heterocycles. The van der Waals surface area contributed by atoms with Crippen LogP contribution in [-0.2, 0) is 18.2 Å². The normalized spacial score (nSPS) is 11.3. The van der Waals surface area contributed by atoms with Crippen LogP contribution in [0.2, 0.25) is 0 Å². The summed E-state index contributed by atoms with van der Waals surface area (Å²) in [5.74, 6) is 0.363. The highest BCUT2D eigenvalue weighted by Crippen LogP contribution is 2.16. The first-order chi connectivity index (χ1) is 9.13. The highest BCUT2D eigenvalue weighted by Gasteiger charge is 2.09. The van der Waals surface area contributed by atoms with E-state index in [2.05, 4.69) is 15.3 Å². The van der Waals surface area contributed by atoms with Crippen molar-refractivity contribution in [2.75, 3.05) is 32.5 Å². The van der Waals surface area contributed by atoms with E-state index in [9.17, 15) is 4.79 Å². The second kappa shape index (κ2) is 5.85. The van der Waals surface area contributed by atoms with E-state index in [0.717, 1.165) is 30.7 Å². The molecular formula is C12H19N5O2. The number of hydrogen-bond acceptors (Lipinski definition) is 5. The molecule has 2 heterocycles. The highest BCUT2D eigenvalue weighted by atomic mass is 16.5. The predicted molar refractivity (Wildman–Crippen MR) is 74.2 cm³/mol. The minimum absolute atomic E-state index is 0.182. The number of aromatic nitrogens is 3. The SMILES string of the molecule is COCCNCCc1cc2c([nH]c(=O)n2C)c(N)n1. The van der Waals surface area contributed by atoms with Gasteiger partial charge in [-0.05, 0) is 6.07 Å². The summed E-state index contributed by atoms with van der Waals surface area (Å²) in [6.45, 7) is 2.28. The molecule has 2 aromatic rings. The maximum Gasteiger partial charge on any atom is 0.326 e. The molecule has 7 nitrogen and oxygen atoms in total. The lowest BCUT2D eigenvalue weighted by Gasteiger charge is -2.05. The van der Waals surface area contributed by atoms with Crippen LogP contribution < -0.4 is 16.7 Å². The summed E-state index contributed by atoms with van der Waals surface area (Å²) in [5, 5.41) is 3.24. The van der Waals surface area contributed by atoms with Gasteiger partial charge in [0, 0.05) is 39.4 Å². The number of aromatic amines is 1. The third kappa shape index (κ3) is 2.94. The van der Waals surface area contributed by atoms with Crippen molar-refractivity contribution in [2.45, 2.75) is 6.42 Å². The van der Waals surface area contributed by atoms with Crippen LogP contribution in [0.15, 0.2) is 10.9 Å². The van der Waals surface area contributed by atoms with E-state index in [4.69, 9.17) is 10.5 Å². The van der Waals surface area contributed by atoms with Gasteiger partial charge in [-0.25, -0.2) is 9.78 Å². The predicted octanol–water partition coefficient (Wildman–Crippen LogP) is -0.378. The molecule has 0 unspecified atom stereocenters. The molecule has 0 atom stereocenters. The van der Waals surface area contributed by atoms with Crippen LogP contribution in [0, 0.1) is 0 Å². The number of nitrogens with two attached hydrogens (primary N) is 1. The summed E-state index contributed by atoms with van der Waals surface area (Å²) in [5.41, 5.74) is 7.92. The van der Waals surface area contributed by atoms with E-state index >= 15 is 0 Å². The molecule has 0 spiro atoms. The van der Waals surface area contributed by atoms with Crippen molar-refractivity contribution in [3.63, 3.8) is 0 Å². The van der Waals surface area contributed by atoms with Crippen LogP contribution in [0.25, 0.3) is 11.0 Å². The highest BCUT2D eigenvalue weighted by molar-refractivity contribution is 5.85. The molecule has 0 aliphatic carbocycles. The number of ether oxygens (including phenoxy) is 1. The maximum atomic E-state index is 11.5. The fourth-order valence-electron chi connectivity index (χ4n) is 1.94. The molecule has 0 saturated carbocycles. The molecule has 0 radical (unpaired) electrons. The zero-order valence-corrected chi connectivity index (χ0v) is 11.2. The van der Waals surface area contributed by atoms with E-state index in [1.54, 1.807) is 14.2 Å². The van der Waals surface area contributed by atoms with Crippen molar-refractivity contribution in [1.82, 2.24) is 19.9 Å². The molecule has 19 heavy (non-hydrogen) atoms. The van der Waals surface area contributed by atoms with E-state index in [0.29, 0.717) is 17.9 Å². The first-order valence-electron chi connectivity index (χ1n) is 6.17. The number of aryl methyl sites for hydroxylation is 1. The quantitative estimate of drug-likeness (QED) is 0.619. The number of nitrogens with zero attached hydrogens (tertiary/aromatic N) is 2. The molecule has 0 bridgehead atoms. The monoisotopic (exact) mass is 265 g/mol. The second-order valence-electron chi connectivity index (χ2n) is 4.37. The summed E-state index contributed by atoms with van der Waals surface area (Å²) in [7, 11) is 3.38. The largest absolute Gasteiger partial charge is 0.383 e. The van der Waals surface area contributed by atoms with Gasteiger partial charge < -0.3 is 20.8 Å². The van der Waals surface area contributed by atoms with Gasteiger partial charge in [0.2, 0.25) is 0 Å². The number of hydrogen-bond donors (Lipinski definition) is 3. The number of nitrogens with one attached hydrogen (secondary N) is 2. The van der Waals surface area contributed by atoms with E-state index in [1.807, 2.05) is 6.07 Å². The molecular weight excluding hydrogens is 246 g/mol. The average molecular weight is 265 g/mol. The minimum atomic E-state index is -0.182. The Hall–Kier alpha value is -1.86. The number of anilines is 1. The molecule has 104 valence electrons. The number of imidazole rings is 1. The molecule has 0 aromatic carbocycles. The average Bonchev–Trinajstić information content (AvgIpc) is 2.67. The molecule has 7 heteroatoms. The van der Waals surface area contributed by atoms with Gasteiger partial charge in [-0.1, -0.05) is 0 Å². The molecule has 2 rings (SSSR count). The van der Waals surface area contributed by atoms with Gasteiger partial charge in [0.05, 0.1) is 12.1 Å². The van der Waals surface area contributed by atoms with Crippen LogP contribution in [0.5, 0.6) is 0 Å². The summed E-state index contributed by atoms with van der Waals surface area (Å²) in [6, 6.07) is 1.89.